The van der Waals surface area contributed by atoms with E-state index >= 15 is 0 Å². The van der Waals surface area contributed by atoms with Gasteiger partial charge >= 0.3 is 0 Å². The Balaban J connectivity index is 1.62. The van der Waals surface area contributed by atoms with Crippen molar-refractivity contribution in [1.82, 2.24) is 19.8 Å². The number of carbonyl (C=O) groups is 1. The van der Waals surface area contributed by atoms with Gasteiger partial charge in [0.2, 0.25) is 0 Å². The van der Waals surface area contributed by atoms with E-state index in [9.17, 15) is 14.9 Å². The molecular formula is C18H11ClN6O3. The Labute approximate surface area is 162 Å². The van der Waals surface area contributed by atoms with Gasteiger partial charge in [0.05, 0.1) is 21.2 Å². The standard InChI is InChI=1S/C18H11ClN6O3/c19-15-5-4-13(25(27)28)9-14(15)18(26)21-12-3-1-2-11(8-12)16-6-7-17-22-20-10-24(17)23-16/h1-10H,(H,21,26). The largest absolute Gasteiger partial charge is 0.322 e. The van der Waals surface area contributed by atoms with Gasteiger partial charge in [0, 0.05) is 23.4 Å². The van der Waals surface area contributed by atoms with Crippen molar-refractivity contribution in [3.05, 3.63) is 81.6 Å². The van der Waals surface area contributed by atoms with Crippen LogP contribution in [0.3, 0.4) is 0 Å². The molecule has 2 heterocycles. The third-order valence-corrected chi connectivity index (χ3v) is 4.31. The Morgan fingerprint density at radius 2 is 2.00 bits per heavy atom. The highest BCUT2D eigenvalue weighted by atomic mass is 35.5. The smallest absolute Gasteiger partial charge is 0.270 e. The minimum Gasteiger partial charge on any atom is -0.322 e. The van der Waals surface area contributed by atoms with E-state index in [4.69, 9.17) is 11.6 Å². The van der Waals surface area contributed by atoms with Gasteiger partial charge in [-0.1, -0.05) is 23.7 Å². The highest BCUT2D eigenvalue weighted by molar-refractivity contribution is 6.34. The maximum atomic E-state index is 12.5. The van der Waals surface area contributed by atoms with Crippen molar-refractivity contribution >= 4 is 34.5 Å². The van der Waals surface area contributed by atoms with Crippen molar-refractivity contribution < 1.29 is 9.72 Å². The molecule has 0 atom stereocenters. The molecule has 28 heavy (non-hydrogen) atoms. The maximum Gasteiger partial charge on any atom is 0.270 e. The van der Waals surface area contributed by atoms with Gasteiger partial charge < -0.3 is 5.32 Å². The summed E-state index contributed by atoms with van der Waals surface area (Å²) in [6.45, 7) is 0. The summed E-state index contributed by atoms with van der Waals surface area (Å²) in [6.07, 6.45) is 1.49. The van der Waals surface area contributed by atoms with Crippen LogP contribution in [0.4, 0.5) is 11.4 Å². The van der Waals surface area contributed by atoms with Crippen LogP contribution in [0.25, 0.3) is 16.9 Å². The van der Waals surface area contributed by atoms with E-state index in [1.165, 1.54) is 18.5 Å². The zero-order chi connectivity index (χ0) is 19.7. The Morgan fingerprint density at radius 1 is 1.14 bits per heavy atom. The summed E-state index contributed by atoms with van der Waals surface area (Å²) >= 11 is 6.03. The van der Waals surface area contributed by atoms with Crippen LogP contribution in [0.15, 0.2) is 60.9 Å². The zero-order valence-corrected chi connectivity index (χ0v) is 14.9. The van der Waals surface area contributed by atoms with E-state index in [2.05, 4.69) is 20.6 Å². The summed E-state index contributed by atoms with van der Waals surface area (Å²) in [7, 11) is 0. The molecule has 138 valence electrons. The molecule has 0 fully saturated rings. The fraction of sp³-hybridized carbons (Fsp3) is 0. The van der Waals surface area contributed by atoms with Gasteiger partial charge in [-0.15, -0.1) is 10.2 Å². The Kier molecular flexibility index (Phi) is 4.42. The molecule has 10 heteroatoms. The maximum absolute atomic E-state index is 12.5. The summed E-state index contributed by atoms with van der Waals surface area (Å²) in [6, 6.07) is 14.3. The molecule has 0 aliphatic rings. The second-order valence-electron chi connectivity index (χ2n) is 5.81. The molecule has 0 aliphatic carbocycles. The molecule has 0 saturated carbocycles. The number of anilines is 1. The Hall–Kier alpha value is -3.85. The van der Waals surface area contributed by atoms with Crippen LogP contribution < -0.4 is 5.32 Å². The van der Waals surface area contributed by atoms with E-state index in [1.807, 2.05) is 6.07 Å². The SMILES string of the molecule is O=C(Nc1cccc(-c2ccc3nncn3n2)c1)c1cc([N+](=O)[O-])ccc1Cl. The average Bonchev–Trinajstić information content (AvgIpc) is 3.16. The first kappa shape index (κ1) is 17.6. The molecule has 1 amide bonds. The van der Waals surface area contributed by atoms with E-state index in [-0.39, 0.29) is 16.3 Å². The molecule has 9 nitrogen and oxygen atoms in total. The van der Waals surface area contributed by atoms with Crippen LogP contribution >= 0.6 is 11.6 Å². The number of fused-ring (bicyclic) bond motifs is 1. The number of amides is 1. The van der Waals surface area contributed by atoms with Crippen LogP contribution in [0, 0.1) is 10.1 Å². The monoisotopic (exact) mass is 394 g/mol. The summed E-state index contributed by atoms with van der Waals surface area (Å²) in [5.74, 6) is -0.548. The van der Waals surface area contributed by atoms with Gasteiger partial charge in [-0.3, -0.25) is 14.9 Å². The molecule has 1 N–H and O–H groups in total. The van der Waals surface area contributed by atoms with Gasteiger partial charge in [0.15, 0.2) is 5.65 Å². The number of hydrogen-bond donors (Lipinski definition) is 1. The van der Waals surface area contributed by atoms with Crippen LogP contribution in [0.1, 0.15) is 10.4 Å². The lowest BCUT2D eigenvalue weighted by Gasteiger charge is -2.08. The first-order chi connectivity index (χ1) is 13.5. The van der Waals surface area contributed by atoms with Crippen molar-refractivity contribution in [3.63, 3.8) is 0 Å². The van der Waals surface area contributed by atoms with Crippen molar-refractivity contribution in [3.8, 4) is 11.3 Å². The van der Waals surface area contributed by atoms with Crippen LogP contribution in [-0.2, 0) is 0 Å². The number of nitro groups is 1. The van der Waals surface area contributed by atoms with Crippen molar-refractivity contribution in [2.24, 2.45) is 0 Å². The third kappa shape index (κ3) is 3.38. The average molecular weight is 395 g/mol. The highest BCUT2D eigenvalue weighted by Crippen LogP contribution is 2.25. The molecule has 2 aromatic heterocycles. The first-order valence-electron chi connectivity index (χ1n) is 8.04. The number of aromatic nitrogens is 4. The van der Waals surface area contributed by atoms with Gasteiger partial charge in [0.1, 0.15) is 6.33 Å². The Bertz CT molecular complexity index is 1220. The van der Waals surface area contributed by atoms with Crippen LogP contribution in [0.5, 0.6) is 0 Å². The number of nitro benzene ring substituents is 1. The minimum absolute atomic E-state index is 0.0188. The van der Waals surface area contributed by atoms with E-state index in [1.54, 1.807) is 34.8 Å². The number of hydrogen-bond acceptors (Lipinski definition) is 6. The quantitative estimate of drug-likeness (QED) is 0.417. The normalized spacial score (nSPS) is 10.8. The predicted octanol–water partition coefficient (Wildman–Crippen LogP) is 3.61. The van der Waals surface area contributed by atoms with Crippen LogP contribution in [0.2, 0.25) is 5.02 Å². The predicted molar refractivity (Wildman–Crippen MR) is 102 cm³/mol. The summed E-state index contributed by atoms with van der Waals surface area (Å²) < 4.78 is 1.55. The second-order valence-corrected chi connectivity index (χ2v) is 6.22. The highest BCUT2D eigenvalue weighted by Gasteiger charge is 2.16. The van der Waals surface area contributed by atoms with Crippen molar-refractivity contribution in [2.45, 2.75) is 0 Å². The molecule has 4 aromatic rings. The lowest BCUT2D eigenvalue weighted by molar-refractivity contribution is -0.384. The summed E-state index contributed by atoms with van der Waals surface area (Å²) in [4.78, 5) is 22.9. The molecule has 0 bridgehead atoms. The molecule has 0 spiro atoms. The number of nitrogens with zero attached hydrogens (tertiary/aromatic N) is 5. The van der Waals surface area contributed by atoms with E-state index < -0.39 is 10.8 Å². The van der Waals surface area contributed by atoms with Gasteiger partial charge in [-0.2, -0.15) is 9.61 Å². The zero-order valence-electron chi connectivity index (χ0n) is 14.1. The Morgan fingerprint density at radius 3 is 2.82 bits per heavy atom. The van der Waals surface area contributed by atoms with Crippen molar-refractivity contribution in [1.29, 1.82) is 0 Å². The molecule has 0 unspecified atom stereocenters. The van der Waals surface area contributed by atoms with Crippen LogP contribution in [-0.4, -0.2) is 30.6 Å². The second kappa shape index (κ2) is 7.05. The van der Waals surface area contributed by atoms with Gasteiger partial charge in [0.25, 0.3) is 11.6 Å². The number of non-ortho nitro benzene ring substituents is 1. The molecule has 0 radical (unpaired) electrons. The van der Waals surface area contributed by atoms with E-state index in [0.717, 1.165) is 11.6 Å². The number of nitrogens with one attached hydrogen (secondary N) is 1. The summed E-state index contributed by atoms with van der Waals surface area (Å²) in [5.41, 5.74) is 2.35. The van der Waals surface area contributed by atoms with Gasteiger partial charge in [-0.05, 0) is 30.3 Å². The van der Waals surface area contributed by atoms with Gasteiger partial charge in [-0.25, -0.2) is 0 Å². The minimum atomic E-state index is -0.583. The molecule has 0 aliphatic heterocycles. The topological polar surface area (TPSA) is 115 Å². The lowest BCUT2D eigenvalue weighted by Crippen LogP contribution is -2.13. The number of halogens is 1. The fourth-order valence-electron chi connectivity index (χ4n) is 2.64. The first-order valence-corrected chi connectivity index (χ1v) is 8.42. The summed E-state index contributed by atoms with van der Waals surface area (Å²) in [5, 5.41) is 25.9. The number of benzene rings is 2. The third-order valence-electron chi connectivity index (χ3n) is 3.98. The van der Waals surface area contributed by atoms with E-state index in [0.29, 0.717) is 17.0 Å². The molecule has 0 saturated heterocycles. The van der Waals surface area contributed by atoms with Crippen molar-refractivity contribution in [2.75, 3.05) is 5.32 Å². The molecule has 2 aromatic carbocycles. The molecular weight excluding hydrogens is 384 g/mol. The number of rotatable bonds is 4. The molecule has 4 rings (SSSR count). The fourth-order valence-corrected chi connectivity index (χ4v) is 2.84. The number of carbonyl (C=O) groups excluding carboxylic acids is 1. The lowest BCUT2D eigenvalue weighted by atomic mass is 10.1.